The molecule has 0 saturated carbocycles. The molecule has 0 aliphatic carbocycles. The van der Waals surface area contributed by atoms with Crippen molar-refractivity contribution < 1.29 is 4.21 Å². The van der Waals surface area contributed by atoms with Crippen LogP contribution in [0, 0.1) is 11.3 Å². The molecule has 3 heteroatoms. The maximum atomic E-state index is 11.5. The van der Waals surface area contributed by atoms with Gasteiger partial charge in [0.15, 0.2) is 0 Å². The van der Waals surface area contributed by atoms with Crippen LogP contribution in [0.4, 0.5) is 0 Å². The van der Waals surface area contributed by atoms with Gasteiger partial charge in [0.1, 0.15) is 0 Å². The van der Waals surface area contributed by atoms with E-state index >= 15 is 0 Å². The van der Waals surface area contributed by atoms with Gasteiger partial charge in [0.2, 0.25) is 0 Å². The van der Waals surface area contributed by atoms with Gasteiger partial charge in [-0.2, -0.15) is 0 Å². The molecular formula is C9H19NOS. The van der Waals surface area contributed by atoms with Crippen molar-refractivity contribution >= 4 is 15.6 Å². The summed E-state index contributed by atoms with van der Waals surface area (Å²) in [5.41, 5.74) is 0.348. The summed E-state index contributed by atoms with van der Waals surface area (Å²) in [7, 11) is -1.93. The van der Waals surface area contributed by atoms with E-state index in [0.717, 1.165) is 13.1 Å². The summed E-state index contributed by atoms with van der Waals surface area (Å²) in [6.07, 6.45) is 1.71. The first-order valence-electron chi connectivity index (χ1n) is 4.28. The lowest BCUT2D eigenvalue weighted by Crippen LogP contribution is -2.53. The van der Waals surface area contributed by atoms with Crippen LogP contribution in [0.3, 0.4) is 0 Å². The zero-order valence-corrected chi connectivity index (χ0v) is 9.28. The highest BCUT2D eigenvalue weighted by Crippen LogP contribution is 2.34. The fraction of sp³-hybridized carbons (Fsp3) is 0.889. The predicted molar refractivity (Wildman–Crippen MR) is 55.7 cm³/mol. The van der Waals surface area contributed by atoms with Crippen LogP contribution < -0.4 is 0 Å². The van der Waals surface area contributed by atoms with Crippen LogP contribution in [-0.2, 0) is 9.71 Å². The minimum absolute atomic E-state index is 0.348. The minimum atomic E-state index is -1.93. The number of hydrogen-bond donors (Lipinski definition) is 0. The molecule has 0 aromatic rings. The van der Waals surface area contributed by atoms with Gasteiger partial charge in [-0.1, -0.05) is 20.8 Å². The summed E-state index contributed by atoms with van der Waals surface area (Å²) in [5.74, 6) is 4.34. The molecule has 1 aliphatic heterocycles. The van der Waals surface area contributed by atoms with E-state index in [0.29, 0.717) is 11.3 Å². The van der Waals surface area contributed by atoms with Crippen LogP contribution >= 0.6 is 0 Å². The lowest BCUT2D eigenvalue weighted by atomic mass is 9.77. The summed E-state index contributed by atoms with van der Waals surface area (Å²) in [4.78, 5) is 0. The van der Waals surface area contributed by atoms with Crippen molar-refractivity contribution in [1.82, 2.24) is 4.31 Å². The first kappa shape index (κ1) is 10.1. The van der Waals surface area contributed by atoms with Crippen molar-refractivity contribution in [3.63, 3.8) is 0 Å². The van der Waals surface area contributed by atoms with E-state index in [2.05, 4.69) is 26.6 Å². The van der Waals surface area contributed by atoms with Gasteiger partial charge in [-0.15, -0.1) is 0 Å². The Morgan fingerprint density at radius 3 is 2.08 bits per heavy atom. The second-order valence-electron chi connectivity index (χ2n) is 4.87. The monoisotopic (exact) mass is 189 g/mol. The highest BCUT2D eigenvalue weighted by Gasteiger charge is 2.37. The Labute approximate surface area is 76.1 Å². The molecule has 72 valence electrons. The molecule has 1 aliphatic rings. The molecule has 1 unspecified atom stereocenters. The minimum Gasteiger partial charge on any atom is -0.253 e. The molecule has 1 fully saturated rings. The molecule has 1 heterocycles. The third-order valence-electron chi connectivity index (χ3n) is 2.62. The van der Waals surface area contributed by atoms with E-state index in [4.69, 9.17) is 0 Å². The van der Waals surface area contributed by atoms with Gasteiger partial charge in [0.05, 0.1) is 0 Å². The van der Waals surface area contributed by atoms with Crippen molar-refractivity contribution in [3.05, 3.63) is 0 Å². The summed E-state index contributed by atoms with van der Waals surface area (Å²) < 4.78 is 13.4. The normalized spacial score (nSPS) is 26.3. The van der Waals surface area contributed by atoms with Gasteiger partial charge in [0.25, 0.3) is 0 Å². The molecule has 2 nitrogen and oxygen atoms in total. The van der Waals surface area contributed by atoms with E-state index in [1.165, 1.54) is 0 Å². The van der Waals surface area contributed by atoms with Crippen molar-refractivity contribution in [1.29, 1.82) is 0 Å². The third-order valence-corrected chi connectivity index (χ3v) is 4.01. The molecule has 0 radical (unpaired) electrons. The Kier molecular flexibility index (Phi) is 2.30. The van der Waals surface area contributed by atoms with Crippen LogP contribution in [-0.4, -0.2) is 33.7 Å². The molecule has 0 amide bonds. The first-order valence-corrected chi connectivity index (χ1v) is 6.38. The maximum Gasteiger partial charge on any atom is 0.0245 e. The van der Waals surface area contributed by atoms with E-state index in [1.807, 2.05) is 4.31 Å². The molecule has 0 bridgehead atoms. The molecular weight excluding hydrogens is 170 g/mol. The fourth-order valence-electron chi connectivity index (χ4n) is 1.30. The highest BCUT2D eigenvalue weighted by atomic mass is 32.2. The Bertz CT molecular complexity index is 255. The topological polar surface area (TPSA) is 20.3 Å². The first-order chi connectivity index (χ1) is 5.21. The summed E-state index contributed by atoms with van der Waals surface area (Å²) in [6.45, 7) is 8.59. The second kappa shape index (κ2) is 2.74. The largest absolute Gasteiger partial charge is 0.253 e. The van der Waals surface area contributed by atoms with Gasteiger partial charge in [0, 0.05) is 29.1 Å². The van der Waals surface area contributed by atoms with Gasteiger partial charge in [-0.3, -0.25) is 4.21 Å². The Balaban J connectivity index is 2.50. The highest BCUT2D eigenvalue weighted by molar-refractivity contribution is 7.97. The number of rotatable bonds is 1. The summed E-state index contributed by atoms with van der Waals surface area (Å²) in [5, 5.41) is 0. The SMILES string of the molecule is C=S(C)(=O)N1CC(C(C)(C)C)C1. The third kappa shape index (κ3) is 2.02. The van der Waals surface area contributed by atoms with E-state index < -0.39 is 9.71 Å². The smallest absolute Gasteiger partial charge is 0.0245 e. The summed E-state index contributed by atoms with van der Waals surface area (Å²) >= 11 is 0. The van der Waals surface area contributed by atoms with Crippen molar-refractivity contribution in [2.75, 3.05) is 19.3 Å². The molecule has 0 aromatic heterocycles. The average molecular weight is 189 g/mol. The Morgan fingerprint density at radius 1 is 1.42 bits per heavy atom. The molecule has 1 rings (SSSR count). The fourth-order valence-corrected chi connectivity index (χ4v) is 2.29. The maximum absolute atomic E-state index is 11.5. The molecule has 12 heavy (non-hydrogen) atoms. The Hall–Kier alpha value is -0.0200. The van der Waals surface area contributed by atoms with Gasteiger partial charge < -0.3 is 0 Å². The quantitative estimate of drug-likeness (QED) is 0.568. The molecule has 1 atom stereocenters. The zero-order valence-electron chi connectivity index (χ0n) is 8.46. The number of hydrogen-bond acceptors (Lipinski definition) is 1. The van der Waals surface area contributed by atoms with E-state index in [-0.39, 0.29) is 0 Å². The van der Waals surface area contributed by atoms with Crippen LogP contribution in [0.15, 0.2) is 0 Å². The molecule has 0 aromatic carbocycles. The second-order valence-corrected chi connectivity index (χ2v) is 7.30. The molecule has 0 N–H and O–H groups in total. The summed E-state index contributed by atoms with van der Waals surface area (Å²) in [6, 6.07) is 0. The van der Waals surface area contributed by atoms with Crippen LogP contribution in [0.2, 0.25) is 0 Å². The molecule has 1 saturated heterocycles. The van der Waals surface area contributed by atoms with Crippen LogP contribution in [0.5, 0.6) is 0 Å². The van der Waals surface area contributed by atoms with Crippen molar-refractivity contribution in [3.8, 4) is 0 Å². The Morgan fingerprint density at radius 2 is 1.83 bits per heavy atom. The number of nitrogens with zero attached hydrogens (tertiary/aromatic N) is 1. The van der Waals surface area contributed by atoms with Crippen LogP contribution in [0.25, 0.3) is 0 Å². The lowest BCUT2D eigenvalue weighted by molar-refractivity contribution is 0.0929. The van der Waals surface area contributed by atoms with E-state index in [9.17, 15) is 4.21 Å². The average Bonchev–Trinajstić information content (AvgIpc) is 1.46. The van der Waals surface area contributed by atoms with Crippen molar-refractivity contribution in [2.45, 2.75) is 20.8 Å². The van der Waals surface area contributed by atoms with E-state index in [1.54, 1.807) is 6.26 Å². The standard InChI is InChI=1S/C9H19NOS/c1-9(2,3)8-6-10(7-8)12(4,5)11/h8H,4,6-7H2,1-3,5H3. The molecule has 0 spiro atoms. The van der Waals surface area contributed by atoms with Crippen LogP contribution in [0.1, 0.15) is 20.8 Å². The van der Waals surface area contributed by atoms with Crippen molar-refractivity contribution in [2.24, 2.45) is 11.3 Å². The zero-order chi connectivity index (χ0) is 9.57. The van der Waals surface area contributed by atoms with Gasteiger partial charge >= 0.3 is 0 Å². The lowest BCUT2D eigenvalue weighted by Gasteiger charge is -2.46. The van der Waals surface area contributed by atoms with Gasteiger partial charge in [-0.25, -0.2) is 4.31 Å². The predicted octanol–water partition coefficient (Wildman–Crippen LogP) is 1.23. The van der Waals surface area contributed by atoms with Gasteiger partial charge in [-0.05, 0) is 17.2 Å².